The lowest BCUT2D eigenvalue weighted by molar-refractivity contribution is 0.403. The lowest BCUT2D eigenvalue weighted by Crippen LogP contribution is -2.45. The smallest absolute Gasteiger partial charge is 0.235 e. The summed E-state index contributed by atoms with van der Waals surface area (Å²) in [6, 6.07) is 7.75. The number of sulfonamides is 1. The molecule has 0 saturated carbocycles. The summed E-state index contributed by atoms with van der Waals surface area (Å²) in [4.78, 5) is 2.11. The third-order valence-corrected chi connectivity index (χ3v) is 6.32. The topological polar surface area (TPSA) is 52.7 Å². The van der Waals surface area contributed by atoms with Gasteiger partial charge in [-0.2, -0.15) is 0 Å². The molecule has 1 saturated heterocycles. The summed E-state index contributed by atoms with van der Waals surface area (Å²) in [5.74, 6) is 0.480. The molecule has 2 aliphatic heterocycles. The molecular formula is C15H23N3O2S. The van der Waals surface area contributed by atoms with E-state index in [-0.39, 0.29) is 11.7 Å². The fourth-order valence-electron chi connectivity index (χ4n) is 3.22. The van der Waals surface area contributed by atoms with Gasteiger partial charge < -0.3 is 10.2 Å². The van der Waals surface area contributed by atoms with Gasteiger partial charge in [0.15, 0.2) is 0 Å². The molecule has 0 amide bonds. The van der Waals surface area contributed by atoms with Crippen molar-refractivity contribution < 1.29 is 8.42 Å². The van der Waals surface area contributed by atoms with E-state index in [1.807, 2.05) is 31.3 Å². The van der Waals surface area contributed by atoms with Gasteiger partial charge in [0.1, 0.15) is 0 Å². The first kappa shape index (κ1) is 14.7. The molecule has 0 aromatic heterocycles. The molecule has 1 fully saturated rings. The van der Waals surface area contributed by atoms with Crippen LogP contribution in [0.15, 0.2) is 24.3 Å². The van der Waals surface area contributed by atoms with E-state index in [4.69, 9.17) is 0 Å². The molecule has 1 N–H and O–H groups in total. The molecule has 6 heteroatoms. The number of piperidine rings is 1. The van der Waals surface area contributed by atoms with Crippen LogP contribution in [0.2, 0.25) is 0 Å². The van der Waals surface area contributed by atoms with Crippen LogP contribution in [0.25, 0.3) is 0 Å². The van der Waals surface area contributed by atoms with E-state index in [1.54, 1.807) is 4.31 Å². The van der Waals surface area contributed by atoms with E-state index in [1.165, 1.54) is 0 Å². The number of hydrogen-bond acceptors (Lipinski definition) is 4. The monoisotopic (exact) mass is 309 g/mol. The molecule has 1 unspecified atom stereocenters. The van der Waals surface area contributed by atoms with Crippen molar-refractivity contribution in [2.45, 2.75) is 12.8 Å². The maximum absolute atomic E-state index is 12.8. The van der Waals surface area contributed by atoms with Gasteiger partial charge in [-0.25, -0.2) is 8.42 Å². The summed E-state index contributed by atoms with van der Waals surface area (Å²) in [7, 11) is -1.25. The second kappa shape index (κ2) is 5.85. The Hall–Kier alpha value is -1.27. The molecular weight excluding hydrogens is 286 g/mol. The average Bonchev–Trinajstić information content (AvgIpc) is 2.48. The minimum Gasteiger partial charge on any atom is -0.371 e. The molecule has 116 valence electrons. The van der Waals surface area contributed by atoms with E-state index >= 15 is 0 Å². The molecule has 3 rings (SSSR count). The van der Waals surface area contributed by atoms with Gasteiger partial charge in [-0.3, -0.25) is 4.31 Å². The third kappa shape index (κ3) is 3.01. The van der Waals surface area contributed by atoms with Crippen molar-refractivity contribution in [2.75, 3.05) is 48.2 Å². The van der Waals surface area contributed by atoms with Crippen LogP contribution in [0.4, 0.5) is 11.4 Å². The largest absolute Gasteiger partial charge is 0.371 e. The number of hydrogen-bond donors (Lipinski definition) is 1. The van der Waals surface area contributed by atoms with Gasteiger partial charge in [-0.15, -0.1) is 0 Å². The second-order valence-corrected chi connectivity index (χ2v) is 7.91. The third-order valence-electron chi connectivity index (χ3n) is 4.38. The number of rotatable bonds is 3. The number of likely N-dealkylation sites (N-methyl/N-ethyl adjacent to an activating group) is 1. The van der Waals surface area contributed by atoms with Crippen LogP contribution < -0.4 is 14.5 Å². The molecule has 0 bridgehead atoms. The number of nitrogens with zero attached hydrogens (tertiary/aromatic N) is 2. The fraction of sp³-hybridized carbons (Fsp3) is 0.600. The molecule has 21 heavy (non-hydrogen) atoms. The minimum atomic E-state index is -3.25. The molecule has 1 aromatic rings. The molecule has 0 radical (unpaired) electrons. The zero-order valence-corrected chi connectivity index (χ0v) is 13.3. The Labute approximate surface area is 127 Å². The highest BCUT2D eigenvalue weighted by Crippen LogP contribution is 2.34. The summed E-state index contributed by atoms with van der Waals surface area (Å²) in [5, 5.41) is 3.30. The predicted molar refractivity (Wildman–Crippen MR) is 86.4 cm³/mol. The highest BCUT2D eigenvalue weighted by atomic mass is 32.2. The van der Waals surface area contributed by atoms with Gasteiger partial charge >= 0.3 is 0 Å². The maximum atomic E-state index is 12.8. The van der Waals surface area contributed by atoms with Gasteiger partial charge in [0.05, 0.1) is 23.7 Å². The average molecular weight is 309 g/mol. The van der Waals surface area contributed by atoms with E-state index in [2.05, 4.69) is 10.2 Å². The van der Waals surface area contributed by atoms with Crippen LogP contribution in [0.1, 0.15) is 12.8 Å². The van der Waals surface area contributed by atoms with Crippen molar-refractivity contribution in [1.82, 2.24) is 5.32 Å². The Balaban J connectivity index is 1.84. The summed E-state index contributed by atoms with van der Waals surface area (Å²) < 4.78 is 27.2. The maximum Gasteiger partial charge on any atom is 0.235 e. The highest BCUT2D eigenvalue weighted by molar-refractivity contribution is 7.92. The summed E-state index contributed by atoms with van der Waals surface area (Å²) >= 11 is 0. The first-order valence-electron chi connectivity index (χ1n) is 7.59. The van der Waals surface area contributed by atoms with Gasteiger partial charge in [-0.1, -0.05) is 12.1 Å². The summed E-state index contributed by atoms with van der Waals surface area (Å²) in [6.45, 7) is 3.09. The number of fused-ring (bicyclic) bond motifs is 1. The van der Waals surface area contributed by atoms with Crippen molar-refractivity contribution in [3.8, 4) is 0 Å². The van der Waals surface area contributed by atoms with Gasteiger partial charge in [-0.05, 0) is 44.0 Å². The van der Waals surface area contributed by atoms with Gasteiger partial charge in [0.2, 0.25) is 10.0 Å². The standard InChI is InChI=1S/C15H23N3O2S/c1-17-9-10-18(15-7-3-2-6-14(15)17)21(19,20)12-13-5-4-8-16-11-13/h2-3,6-7,13,16H,4-5,8-12H2,1H3. The Kier molecular flexibility index (Phi) is 4.08. The lowest BCUT2D eigenvalue weighted by Gasteiger charge is -2.37. The SMILES string of the molecule is CN1CCN(S(=O)(=O)CC2CCCNC2)c2ccccc21. The number of nitrogens with one attached hydrogen (secondary N) is 1. The number of benzene rings is 1. The number of anilines is 2. The first-order chi connectivity index (χ1) is 10.1. The molecule has 1 atom stereocenters. The Morgan fingerprint density at radius 3 is 2.71 bits per heavy atom. The van der Waals surface area contributed by atoms with Crippen molar-refractivity contribution in [2.24, 2.45) is 5.92 Å². The lowest BCUT2D eigenvalue weighted by atomic mass is 10.0. The zero-order valence-electron chi connectivity index (χ0n) is 12.5. The molecule has 0 spiro atoms. The normalized spacial score (nSPS) is 23.0. The van der Waals surface area contributed by atoms with Crippen molar-refractivity contribution >= 4 is 21.4 Å². The first-order valence-corrected chi connectivity index (χ1v) is 9.20. The fourth-order valence-corrected chi connectivity index (χ4v) is 5.10. The van der Waals surface area contributed by atoms with Crippen LogP contribution >= 0.6 is 0 Å². The summed E-state index contributed by atoms with van der Waals surface area (Å²) in [6.07, 6.45) is 2.07. The van der Waals surface area contributed by atoms with Crippen LogP contribution in [0, 0.1) is 5.92 Å². The van der Waals surface area contributed by atoms with E-state index in [9.17, 15) is 8.42 Å². The Morgan fingerprint density at radius 2 is 2.00 bits per heavy atom. The molecule has 0 aliphatic carbocycles. The van der Waals surface area contributed by atoms with Gasteiger partial charge in [0.25, 0.3) is 0 Å². The van der Waals surface area contributed by atoms with Crippen LogP contribution in [0.3, 0.4) is 0 Å². The van der Waals surface area contributed by atoms with E-state index in [0.717, 1.165) is 43.9 Å². The van der Waals surface area contributed by atoms with Gasteiger partial charge in [0, 0.05) is 13.6 Å². The van der Waals surface area contributed by atoms with Crippen LogP contribution in [-0.2, 0) is 10.0 Å². The van der Waals surface area contributed by atoms with E-state index in [0.29, 0.717) is 6.54 Å². The van der Waals surface area contributed by atoms with Crippen molar-refractivity contribution in [1.29, 1.82) is 0 Å². The predicted octanol–water partition coefficient (Wildman–Crippen LogP) is 1.27. The Morgan fingerprint density at radius 1 is 1.24 bits per heavy atom. The Bertz CT molecular complexity index is 597. The molecule has 5 nitrogen and oxygen atoms in total. The minimum absolute atomic E-state index is 0.232. The quantitative estimate of drug-likeness (QED) is 0.914. The van der Waals surface area contributed by atoms with Crippen molar-refractivity contribution in [3.05, 3.63) is 24.3 Å². The van der Waals surface area contributed by atoms with Crippen molar-refractivity contribution in [3.63, 3.8) is 0 Å². The molecule has 2 aliphatic rings. The highest BCUT2D eigenvalue weighted by Gasteiger charge is 2.31. The second-order valence-electron chi connectivity index (χ2n) is 5.97. The molecule has 1 aromatic carbocycles. The summed E-state index contributed by atoms with van der Waals surface area (Å²) in [5.41, 5.74) is 1.81. The van der Waals surface area contributed by atoms with E-state index < -0.39 is 10.0 Å². The molecule has 2 heterocycles. The van der Waals surface area contributed by atoms with Crippen LogP contribution in [-0.4, -0.2) is 47.4 Å². The zero-order chi connectivity index (χ0) is 14.9. The van der Waals surface area contributed by atoms with Crippen LogP contribution in [0.5, 0.6) is 0 Å². The number of para-hydroxylation sites is 2.